The van der Waals surface area contributed by atoms with Crippen LogP contribution < -0.4 is 9.80 Å². The Bertz CT molecular complexity index is 779. The molecular formula is C22H28N4O. The van der Waals surface area contributed by atoms with Gasteiger partial charge in [0.25, 0.3) is 0 Å². The van der Waals surface area contributed by atoms with E-state index in [2.05, 4.69) is 26.9 Å². The molecule has 0 aliphatic carbocycles. The van der Waals surface area contributed by atoms with Crippen LogP contribution in [0.1, 0.15) is 18.5 Å². The lowest BCUT2D eigenvalue weighted by molar-refractivity contribution is -0.117. The van der Waals surface area contributed by atoms with Gasteiger partial charge in [0.15, 0.2) is 0 Å². The number of carbonyl (C=O) groups is 1. The molecule has 1 aromatic heterocycles. The predicted octanol–water partition coefficient (Wildman–Crippen LogP) is 2.96. The molecule has 0 radical (unpaired) electrons. The summed E-state index contributed by atoms with van der Waals surface area (Å²) in [6, 6.07) is 14.3. The summed E-state index contributed by atoms with van der Waals surface area (Å²) >= 11 is 0. The van der Waals surface area contributed by atoms with Gasteiger partial charge in [0.1, 0.15) is 0 Å². The van der Waals surface area contributed by atoms with Crippen LogP contribution in [0.4, 0.5) is 11.4 Å². The normalized spacial score (nSPS) is 21.5. The maximum atomic E-state index is 12.5. The van der Waals surface area contributed by atoms with Gasteiger partial charge in [0.2, 0.25) is 5.91 Å². The predicted molar refractivity (Wildman–Crippen MR) is 109 cm³/mol. The lowest BCUT2D eigenvalue weighted by Crippen LogP contribution is -2.35. The van der Waals surface area contributed by atoms with Crippen LogP contribution in [0.2, 0.25) is 0 Å². The van der Waals surface area contributed by atoms with Crippen molar-refractivity contribution in [3.05, 3.63) is 54.4 Å². The molecule has 2 aliphatic rings. The average molecular weight is 364 g/mol. The van der Waals surface area contributed by atoms with Gasteiger partial charge in [0, 0.05) is 62.4 Å². The number of aromatic nitrogens is 1. The maximum absolute atomic E-state index is 12.5. The highest BCUT2D eigenvalue weighted by Crippen LogP contribution is 2.26. The van der Waals surface area contributed by atoms with Crippen LogP contribution >= 0.6 is 0 Å². The van der Waals surface area contributed by atoms with Crippen molar-refractivity contribution in [2.75, 3.05) is 49.1 Å². The molecule has 1 atom stereocenters. The third kappa shape index (κ3) is 4.30. The first-order valence-electron chi connectivity index (χ1n) is 9.94. The van der Waals surface area contributed by atoms with Crippen LogP contribution in [-0.4, -0.2) is 55.1 Å². The molecule has 3 heterocycles. The van der Waals surface area contributed by atoms with Crippen LogP contribution in [0.15, 0.2) is 48.7 Å². The summed E-state index contributed by atoms with van der Waals surface area (Å²) in [5, 5.41) is 0. The number of hydrogen-bond donors (Lipinski definition) is 0. The zero-order valence-corrected chi connectivity index (χ0v) is 16.1. The fourth-order valence-electron chi connectivity index (χ4n) is 4.27. The minimum absolute atomic E-state index is 0.259. The summed E-state index contributed by atoms with van der Waals surface area (Å²) in [5.41, 5.74) is 3.37. The number of aryl methyl sites for hydroxylation is 1. The Labute approximate surface area is 161 Å². The third-order valence-corrected chi connectivity index (χ3v) is 5.62. The van der Waals surface area contributed by atoms with Gasteiger partial charge in [-0.2, -0.15) is 0 Å². The van der Waals surface area contributed by atoms with Crippen molar-refractivity contribution < 1.29 is 4.79 Å². The van der Waals surface area contributed by atoms with Crippen molar-refractivity contribution in [1.82, 2.24) is 9.88 Å². The maximum Gasteiger partial charge on any atom is 0.227 e. The molecule has 1 aromatic carbocycles. The van der Waals surface area contributed by atoms with E-state index in [0.29, 0.717) is 12.3 Å². The van der Waals surface area contributed by atoms with E-state index in [1.807, 2.05) is 48.4 Å². The second kappa shape index (κ2) is 8.09. The Morgan fingerprint density at radius 2 is 1.89 bits per heavy atom. The van der Waals surface area contributed by atoms with Crippen LogP contribution in [-0.2, 0) is 4.79 Å². The van der Waals surface area contributed by atoms with Crippen molar-refractivity contribution in [3.8, 4) is 0 Å². The van der Waals surface area contributed by atoms with Crippen molar-refractivity contribution in [1.29, 1.82) is 0 Å². The summed E-state index contributed by atoms with van der Waals surface area (Å²) in [7, 11) is 0. The van der Waals surface area contributed by atoms with Crippen LogP contribution in [0.3, 0.4) is 0 Å². The number of hydrogen-bond acceptors (Lipinski definition) is 4. The number of para-hydroxylation sites is 1. The number of anilines is 2. The summed E-state index contributed by atoms with van der Waals surface area (Å²) in [4.78, 5) is 23.7. The second-order valence-corrected chi connectivity index (χ2v) is 7.71. The van der Waals surface area contributed by atoms with E-state index in [-0.39, 0.29) is 5.91 Å². The van der Waals surface area contributed by atoms with E-state index in [1.54, 1.807) is 0 Å². The molecule has 27 heavy (non-hydrogen) atoms. The molecule has 2 aromatic rings. The highest BCUT2D eigenvalue weighted by atomic mass is 16.2. The zero-order valence-electron chi connectivity index (χ0n) is 16.1. The van der Waals surface area contributed by atoms with Gasteiger partial charge in [-0.25, -0.2) is 0 Å². The molecule has 2 aliphatic heterocycles. The highest BCUT2D eigenvalue weighted by molar-refractivity contribution is 5.95. The van der Waals surface area contributed by atoms with Crippen molar-refractivity contribution >= 4 is 17.3 Å². The molecule has 2 fully saturated rings. The molecule has 0 N–H and O–H groups in total. The number of benzene rings is 1. The van der Waals surface area contributed by atoms with Crippen LogP contribution in [0, 0.1) is 12.8 Å². The van der Waals surface area contributed by atoms with Gasteiger partial charge in [-0.3, -0.25) is 9.78 Å². The molecule has 2 saturated heterocycles. The molecule has 142 valence electrons. The number of pyridine rings is 1. The molecule has 4 rings (SSSR count). The number of carbonyl (C=O) groups excluding carboxylic acids is 1. The first kappa shape index (κ1) is 18.0. The van der Waals surface area contributed by atoms with E-state index >= 15 is 0 Å². The summed E-state index contributed by atoms with van der Waals surface area (Å²) in [5.74, 6) is 0.683. The standard InChI is InChI=1S/C22H28N4O/c1-18-14-21(8-9-23-18)25-11-5-10-24(12-13-25)16-19-15-22(27)26(17-19)20-6-3-2-4-7-20/h2-4,6-9,14,19H,5,10-13,15-17H2,1H3/t19-/m1/s1. The summed E-state index contributed by atoms with van der Waals surface area (Å²) < 4.78 is 0. The molecule has 0 spiro atoms. The third-order valence-electron chi connectivity index (χ3n) is 5.62. The Morgan fingerprint density at radius 3 is 2.70 bits per heavy atom. The molecule has 0 unspecified atom stereocenters. The monoisotopic (exact) mass is 364 g/mol. The number of rotatable bonds is 4. The topological polar surface area (TPSA) is 39.7 Å². The van der Waals surface area contributed by atoms with Gasteiger partial charge in [-0.05, 0) is 50.1 Å². The Morgan fingerprint density at radius 1 is 1.04 bits per heavy atom. The lowest BCUT2D eigenvalue weighted by Gasteiger charge is -2.25. The smallest absolute Gasteiger partial charge is 0.227 e. The molecule has 5 nitrogen and oxygen atoms in total. The fourth-order valence-corrected chi connectivity index (χ4v) is 4.27. The quantitative estimate of drug-likeness (QED) is 0.836. The van der Waals surface area contributed by atoms with Crippen molar-refractivity contribution in [2.45, 2.75) is 19.8 Å². The first-order chi connectivity index (χ1) is 13.2. The van der Waals surface area contributed by atoms with E-state index < -0.39 is 0 Å². The Hall–Kier alpha value is -2.40. The Kier molecular flexibility index (Phi) is 5.39. The minimum Gasteiger partial charge on any atom is -0.370 e. The van der Waals surface area contributed by atoms with Gasteiger partial charge in [-0.1, -0.05) is 18.2 Å². The van der Waals surface area contributed by atoms with E-state index in [9.17, 15) is 4.79 Å². The number of amides is 1. The molecule has 1 amide bonds. The SMILES string of the molecule is Cc1cc(N2CCCN(C[C@H]3CC(=O)N(c4ccccc4)C3)CC2)ccn1. The van der Waals surface area contributed by atoms with Gasteiger partial charge in [-0.15, -0.1) is 0 Å². The average Bonchev–Trinajstić information content (AvgIpc) is 2.88. The molecule has 0 saturated carbocycles. The molecule has 5 heteroatoms. The zero-order chi connectivity index (χ0) is 18.6. The largest absolute Gasteiger partial charge is 0.370 e. The van der Waals surface area contributed by atoms with Gasteiger partial charge < -0.3 is 14.7 Å². The molecule has 0 bridgehead atoms. The summed E-state index contributed by atoms with van der Waals surface area (Å²) in [6.45, 7) is 8.17. The fraction of sp³-hybridized carbons (Fsp3) is 0.455. The highest BCUT2D eigenvalue weighted by Gasteiger charge is 2.32. The van der Waals surface area contributed by atoms with Gasteiger partial charge in [0.05, 0.1) is 0 Å². The Balaban J connectivity index is 1.33. The summed E-state index contributed by atoms with van der Waals surface area (Å²) in [6.07, 6.45) is 3.72. The molecular weight excluding hydrogens is 336 g/mol. The van der Waals surface area contributed by atoms with Gasteiger partial charge >= 0.3 is 0 Å². The first-order valence-corrected chi connectivity index (χ1v) is 9.94. The lowest BCUT2D eigenvalue weighted by atomic mass is 10.1. The van der Waals surface area contributed by atoms with E-state index in [4.69, 9.17) is 0 Å². The van der Waals surface area contributed by atoms with Crippen LogP contribution in [0.5, 0.6) is 0 Å². The van der Waals surface area contributed by atoms with Crippen LogP contribution in [0.25, 0.3) is 0 Å². The second-order valence-electron chi connectivity index (χ2n) is 7.71. The van der Waals surface area contributed by atoms with Crippen molar-refractivity contribution in [3.63, 3.8) is 0 Å². The van der Waals surface area contributed by atoms with E-state index in [1.165, 1.54) is 5.69 Å². The minimum atomic E-state index is 0.259. The number of nitrogens with zero attached hydrogens (tertiary/aromatic N) is 4. The van der Waals surface area contributed by atoms with E-state index in [0.717, 1.165) is 57.1 Å². The van der Waals surface area contributed by atoms with Crippen molar-refractivity contribution in [2.24, 2.45) is 5.92 Å².